The van der Waals surface area contributed by atoms with E-state index >= 15 is 0 Å². The van der Waals surface area contributed by atoms with Crippen molar-refractivity contribution >= 4 is 57.5 Å². The van der Waals surface area contributed by atoms with Crippen LogP contribution in [0.15, 0.2) is 208 Å². The Kier molecular flexibility index (Phi) is 17.6. The van der Waals surface area contributed by atoms with Gasteiger partial charge in [0.25, 0.3) is 0 Å². The molecule has 12 nitrogen and oxygen atoms in total. The summed E-state index contributed by atoms with van der Waals surface area (Å²) < 4.78 is 28.0. The number of hydrogen-bond acceptors (Lipinski definition) is 10. The number of fused-ring (bicyclic) bond motifs is 1. The summed E-state index contributed by atoms with van der Waals surface area (Å²) in [6.07, 6.45) is 2.82. The van der Waals surface area contributed by atoms with Gasteiger partial charge >= 0.3 is 13.7 Å². The summed E-state index contributed by atoms with van der Waals surface area (Å²) in [7, 11) is 0. The zero-order valence-corrected chi connectivity index (χ0v) is 46.5. The molecule has 0 aliphatic rings. The lowest BCUT2D eigenvalue weighted by molar-refractivity contribution is 0.0750. The van der Waals surface area contributed by atoms with Gasteiger partial charge in [-0.2, -0.15) is 10.5 Å². The molecule has 0 radical (unpaired) electrons. The van der Waals surface area contributed by atoms with Crippen molar-refractivity contribution in [3.8, 4) is 34.7 Å². The van der Waals surface area contributed by atoms with Crippen LogP contribution in [0.1, 0.15) is 45.6 Å². The average Bonchev–Trinajstić information content (AvgIpc) is 1.84. The quantitative estimate of drug-likeness (QED) is 0.0367. The number of aromatic nitrogens is 6. The van der Waals surface area contributed by atoms with Crippen molar-refractivity contribution in [3.05, 3.63) is 264 Å². The Morgan fingerprint density at radius 2 is 0.780 bits per heavy atom. The highest BCUT2D eigenvalue weighted by molar-refractivity contribution is 6.85. The highest BCUT2D eigenvalue weighted by atomic mass is 16.5. The van der Waals surface area contributed by atoms with Crippen LogP contribution in [0.4, 0.5) is 0 Å². The summed E-state index contributed by atoms with van der Waals surface area (Å²) in [6, 6.07) is 67.1. The molecule has 4 heterocycles. The monoisotopic (exact) mass is 1070 g/mol. The minimum atomic E-state index is -0.598. The molecule has 0 aliphatic heterocycles. The van der Waals surface area contributed by atoms with Crippen LogP contribution < -0.4 is 32.5 Å². The number of aryl methyl sites for hydroxylation is 4. The first-order chi connectivity index (χ1) is 40.2. The molecule has 0 amide bonds. The van der Waals surface area contributed by atoms with E-state index in [0.29, 0.717) is 82.1 Å². The van der Waals surface area contributed by atoms with Gasteiger partial charge in [0.2, 0.25) is 0 Å². The molecule has 0 spiro atoms. The molecule has 6 aromatic carbocycles. The first-order valence-corrected chi connectivity index (χ1v) is 27.2. The molecular formula is C68H60B2N8O4. The second kappa shape index (κ2) is 26.0. The van der Waals surface area contributed by atoms with Gasteiger partial charge in [-0.3, -0.25) is 0 Å². The summed E-state index contributed by atoms with van der Waals surface area (Å²) in [6.45, 7) is 15.7. The van der Waals surface area contributed by atoms with Gasteiger partial charge in [0.15, 0.2) is 11.6 Å². The highest BCUT2D eigenvalue weighted by Crippen LogP contribution is 2.37. The summed E-state index contributed by atoms with van der Waals surface area (Å²) in [5, 5.41) is 27.0. The van der Waals surface area contributed by atoms with E-state index in [4.69, 9.17) is 38.9 Å². The predicted octanol–water partition coefficient (Wildman–Crippen LogP) is 8.70. The Balaban J connectivity index is 1.55. The minimum absolute atomic E-state index is 0.227. The normalized spacial score (nSPS) is 11.8. The highest BCUT2D eigenvalue weighted by Gasteiger charge is 2.38. The molecule has 0 saturated carbocycles. The van der Waals surface area contributed by atoms with Gasteiger partial charge in [-0.05, 0) is 74.2 Å². The van der Waals surface area contributed by atoms with Gasteiger partial charge in [0.1, 0.15) is 36.5 Å². The van der Waals surface area contributed by atoms with E-state index in [1.165, 1.54) is 12.5 Å². The van der Waals surface area contributed by atoms with Crippen molar-refractivity contribution in [2.75, 3.05) is 26.4 Å². The summed E-state index contributed by atoms with van der Waals surface area (Å²) in [5.74, 6) is 0.509. The molecule has 10 aromatic rings. The minimum Gasteiger partial charge on any atom is -0.499 e. The fourth-order valence-electron chi connectivity index (χ4n) is 11.0. The second-order valence-electron chi connectivity index (χ2n) is 19.8. The maximum Gasteiger partial charge on any atom is 0.328 e. The van der Waals surface area contributed by atoms with Crippen LogP contribution in [0.5, 0.6) is 0 Å². The van der Waals surface area contributed by atoms with Crippen molar-refractivity contribution in [3.63, 3.8) is 0 Å². The van der Waals surface area contributed by atoms with Crippen molar-refractivity contribution < 1.29 is 18.9 Å². The Morgan fingerprint density at radius 1 is 0.451 bits per heavy atom. The lowest BCUT2D eigenvalue weighted by atomic mass is 9.50. The molecule has 14 heteroatoms. The fraction of sp³-hybridized carbons (Fsp3) is 0.147. The van der Waals surface area contributed by atoms with Crippen LogP contribution in [0.3, 0.4) is 0 Å². The predicted molar refractivity (Wildman–Crippen MR) is 328 cm³/mol. The van der Waals surface area contributed by atoms with Crippen LogP contribution >= 0.6 is 0 Å². The maximum absolute atomic E-state index is 12.3. The van der Waals surface area contributed by atoms with Crippen LogP contribution in [0.25, 0.3) is 44.4 Å². The van der Waals surface area contributed by atoms with Crippen LogP contribution in [-0.4, -0.2) is 69.0 Å². The lowest BCUT2D eigenvalue weighted by Gasteiger charge is -2.24. The Bertz CT molecular complexity index is 3750. The standard InChI is InChI=1S/C68H60B2N8O4/c1-7-79-35-37-81-45-51-23-21-25-53(41-51)63-61-62(66(60(44-72)68-75-49(5)40-50(6)76-68)77(63)69(55-27-13-9-14-28-55)56-29-15-10-16-30-56)64(54-26-22-24-52(42-54)46-82-38-36-80-8-2)78(65(61)59(43-71)67-73-47(3)39-48(4)74-67)70(57-31-17-11-18-32-57)58-33-19-12-20-34-58/h7-34,39-42H,1-2,35-38,45-46H2,3-6H3/b65-59-,66-60-. The number of hydrogen-bond donors (Lipinski definition) is 0. The third kappa shape index (κ3) is 11.9. The molecular weight excluding hydrogens is 1010 g/mol. The van der Waals surface area contributed by atoms with Crippen molar-refractivity contribution in [2.24, 2.45) is 0 Å². The molecule has 0 atom stereocenters. The zero-order valence-electron chi connectivity index (χ0n) is 46.5. The van der Waals surface area contributed by atoms with Gasteiger partial charge in [-0.25, -0.2) is 19.9 Å². The van der Waals surface area contributed by atoms with Gasteiger partial charge in [0.05, 0.1) is 49.6 Å². The second-order valence-corrected chi connectivity index (χ2v) is 19.8. The van der Waals surface area contributed by atoms with Gasteiger partial charge in [-0.1, -0.05) is 193 Å². The molecule has 0 unspecified atom stereocenters. The molecule has 0 bridgehead atoms. The lowest BCUT2D eigenvalue weighted by Crippen LogP contribution is -2.54. The van der Waals surface area contributed by atoms with Crippen molar-refractivity contribution in [2.45, 2.75) is 40.9 Å². The van der Waals surface area contributed by atoms with E-state index in [0.717, 1.165) is 44.1 Å². The van der Waals surface area contributed by atoms with E-state index < -0.39 is 13.7 Å². The fourth-order valence-corrected chi connectivity index (χ4v) is 11.0. The van der Waals surface area contributed by atoms with E-state index in [1.807, 2.05) is 137 Å². The van der Waals surface area contributed by atoms with Crippen LogP contribution in [-0.2, 0) is 32.2 Å². The molecule has 0 fully saturated rings. The topological polar surface area (TPSA) is 146 Å². The zero-order chi connectivity index (χ0) is 57.0. The van der Waals surface area contributed by atoms with E-state index in [2.05, 4.69) is 107 Å². The van der Waals surface area contributed by atoms with E-state index in [-0.39, 0.29) is 36.0 Å². The average molecular weight is 1070 g/mol. The Labute approximate surface area is 479 Å². The number of nitrogens with zero attached hydrogens (tertiary/aromatic N) is 8. The molecule has 0 aliphatic carbocycles. The van der Waals surface area contributed by atoms with Crippen molar-refractivity contribution in [1.82, 2.24) is 28.9 Å². The third-order valence-corrected chi connectivity index (χ3v) is 14.1. The van der Waals surface area contributed by atoms with E-state index in [9.17, 15) is 10.5 Å². The summed E-state index contributed by atoms with van der Waals surface area (Å²) >= 11 is 0. The largest absolute Gasteiger partial charge is 0.499 e. The van der Waals surface area contributed by atoms with Crippen molar-refractivity contribution in [1.29, 1.82) is 10.5 Å². The smallest absolute Gasteiger partial charge is 0.328 e. The molecule has 10 rings (SSSR count). The molecule has 4 aromatic heterocycles. The molecule has 82 heavy (non-hydrogen) atoms. The maximum atomic E-state index is 12.3. The summed E-state index contributed by atoms with van der Waals surface area (Å²) in [4.78, 5) is 20.4. The third-order valence-electron chi connectivity index (χ3n) is 14.1. The number of rotatable bonds is 22. The first-order valence-electron chi connectivity index (χ1n) is 27.2. The van der Waals surface area contributed by atoms with Gasteiger partial charge in [0, 0.05) is 44.9 Å². The molecule has 0 N–H and O–H groups in total. The Hall–Kier alpha value is -9.85. The number of ether oxygens (including phenoxy) is 4. The SMILES string of the molecule is C=COCCOCc1cccc(-c2c3/c(=C(\C#N)c4nc(C)cc(C)n4)n(B(c4ccccc4)c4ccccc4)c(-c4cccc(COCCOC=C)c4)c3/c(=C(\C#N)c3nc(C)cc(C)n3)n2B(c2ccccc2)c2ccccc2)c1. The number of benzene rings is 6. The van der Waals surface area contributed by atoms with Crippen LogP contribution in [0.2, 0.25) is 0 Å². The number of nitriles is 2. The summed E-state index contributed by atoms with van der Waals surface area (Å²) in [5.41, 5.74) is 11.8. The first kappa shape index (κ1) is 55.5. The van der Waals surface area contributed by atoms with Crippen LogP contribution in [0, 0.1) is 50.4 Å². The molecule has 402 valence electrons. The van der Waals surface area contributed by atoms with E-state index in [1.54, 1.807) is 0 Å². The Morgan fingerprint density at radius 3 is 1.09 bits per heavy atom. The molecule has 0 saturated heterocycles. The van der Waals surface area contributed by atoms with Gasteiger partial charge < -0.3 is 27.9 Å². The van der Waals surface area contributed by atoms with Gasteiger partial charge in [-0.15, -0.1) is 0 Å².